The van der Waals surface area contributed by atoms with E-state index in [1.165, 1.54) is 0 Å². The van der Waals surface area contributed by atoms with Crippen molar-refractivity contribution in [2.45, 2.75) is 32.7 Å². The highest BCUT2D eigenvalue weighted by Crippen LogP contribution is 2.35. The minimum Gasteiger partial charge on any atom is -0.491 e. The summed E-state index contributed by atoms with van der Waals surface area (Å²) in [5.74, 6) is 1.50. The van der Waals surface area contributed by atoms with Crippen molar-refractivity contribution in [1.82, 2.24) is 4.90 Å². The Hall–Kier alpha value is -3.21. The van der Waals surface area contributed by atoms with Gasteiger partial charge in [0, 0.05) is 5.69 Å². The van der Waals surface area contributed by atoms with Crippen LogP contribution >= 0.6 is 0 Å². The maximum atomic E-state index is 13.2. The lowest BCUT2D eigenvalue weighted by Gasteiger charge is -2.37. The summed E-state index contributed by atoms with van der Waals surface area (Å²) in [6, 6.07) is 19.1. The van der Waals surface area contributed by atoms with Gasteiger partial charge in [-0.25, -0.2) is 0 Å². The standard InChI is InChI=1S/C22H22N2O3/c1-15(2)27-17-8-5-7-16(13-17)21-23-20-11-4-3-10-19(20)22(25)24(21)14-18-9-6-12-26-18/h3-13,15,21,23H,14H2,1-2H3. The van der Waals surface area contributed by atoms with Gasteiger partial charge in [0.1, 0.15) is 17.7 Å². The van der Waals surface area contributed by atoms with Crippen molar-refractivity contribution in [3.63, 3.8) is 0 Å². The van der Waals surface area contributed by atoms with Crippen molar-refractivity contribution in [2.75, 3.05) is 5.32 Å². The molecule has 1 aliphatic rings. The lowest BCUT2D eigenvalue weighted by molar-refractivity contribution is 0.0651. The molecule has 0 spiro atoms. The lowest BCUT2D eigenvalue weighted by Crippen LogP contribution is -2.42. The van der Waals surface area contributed by atoms with E-state index in [9.17, 15) is 4.79 Å². The molecular formula is C22H22N2O3. The highest BCUT2D eigenvalue weighted by Gasteiger charge is 2.33. The van der Waals surface area contributed by atoms with Crippen molar-refractivity contribution < 1.29 is 13.9 Å². The Labute approximate surface area is 158 Å². The molecule has 5 nitrogen and oxygen atoms in total. The number of furan rings is 1. The zero-order chi connectivity index (χ0) is 18.8. The summed E-state index contributed by atoms with van der Waals surface area (Å²) in [5.41, 5.74) is 2.45. The summed E-state index contributed by atoms with van der Waals surface area (Å²) >= 11 is 0. The smallest absolute Gasteiger partial charge is 0.258 e. The van der Waals surface area contributed by atoms with Crippen LogP contribution < -0.4 is 10.1 Å². The molecule has 1 unspecified atom stereocenters. The Bertz CT molecular complexity index is 934. The van der Waals surface area contributed by atoms with E-state index in [0.717, 1.165) is 22.8 Å². The third-order valence-electron chi connectivity index (χ3n) is 4.47. The Morgan fingerprint density at radius 3 is 2.74 bits per heavy atom. The average molecular weight is 362 g/mol. The Balaban J connectivity index is 1.73. The van der Waals surface area contributed by atoms with Crippen LogP contribution in [0.4, 0.5) is 5.69 Å². The Morgan fingerprint density at radius 1 is 1.11 bits per heavy atom. The van der Waals surface area contributed by atoms with Gasteiger partial charge in [0.15, 0.2) is 0 Å². The maximum absolute atomic E-state index is 13.2. The number of carbonyl (C=O) groups excluding carboxylic acids is 1. The van der Waals surface area contributed by atoms with Gasteiger partial charge in [-0.1, -0.05) is 24.3 Å². The topological polar surface area (TPSA) is 54.7 Å². The molecular weight excluding hydrogens is 340 g/mol. The normalized spacial score (nSPS) is 16.2. The third kappa shape index (κ3) is 3.53. The van der Waals surface area contributed by atoms with Crippen LogP contribution in [0.2, 0.25) is 0 Å². The molecule has 2 heterocycles. The average Bonchev–Trinajstić information content (AvgIpc) is 3.17. The second-order valence-electron chi connectivity index (χ2n) is 6.84. The summed E-state index contributed by atoms with van der Waals surface area (Å²) in [4.78, 5) is 15.0. The van der Waals surface area contributed by atoms with E-state index in [1.54, 1.807) is 11.2 Å². The minimum absolute atomic E-state index is 0.0269. The van der Waals surface area contributed by atoms with Crippen molar-refractivity contribution in [2.24, 2.45) is 0 Å². The molecule has 1 amide bonds. The molecule has 1 N–H and O–H groups in total. The molecule has 138 valence electrons. The van der Waals surface area contributed by atoms with Gasteiger partial charge in [0.05, 0.1) is 24.5 Å². The number of fused-ring (bicyclic) bond motifs is 1. The van der Waals surface area contributed by atoms with Crippen LogP contribution in [0.25, 0.3) is 0 Å². The molecule has 1 aliphatic heterocycles. The van der Waals surface area contributed by atoms with E-state index in [2.05, 4.69) is 5.32 Å². The molecule has 0 radical (unpaired) electrons. The van der Waals surface area contributed by atoms with Crippen molar-refractivity contribution in [3.8, 4) is 5.75 Å². The van der Waals surface area contributed by atoms with E-state index >= 15 is 0 Å². The lowest BCUT2D eigenvalue weighted by atomic mass is 10.0. The molecule has 0 fully saturated rings. The van der Waals surface area contributed by atoms with Crippen molar-refractivity contribution in [3.05, 3.63) is 83.8 Å². The van der Waals surface area contributed by atoms with Crippen LogP contribution in [-0.2, 0) is 6.54 Å². The minimum atomic E-state index is -0.312. The predicted octanol–water partition coefficient (Wildman–Crippen LogP) is 4.83. The van der Waals surface area contributed by atoms with Crippen LogP contribution in [0.1, 0.15) is 41.7 Å². The molecule has 0 saturated heterocycles. The number of nitrogens with zero attached hydrogens (tertiary/aromatic N) is 1. The largest absolute Gasteiger partial charge is 0.491 e. The molecule has 1 aromatic heterocycles. The van der Waals surface area contributed by atoms with Gasteiger partial charge in [-0.2, -0.15) is 0 Å². The maximum Gasteiger partial charge on any atom is 0.258 e. The SMILES string of the molecule is CC(C)Oc1cccc(C2Nc3ccccc3C(=O)N2Cc2ccco2)c1. The monoisotopic (exact) mass is 362 g/mol. The molecule has 0 bridgehead atoms. The van der Waals surface area contributed by atoms with E-state index in [1.807, 2.05) is 74.5 Å². The molecule has 2 aromatic carbocycles. The van der Waals surface area contributed by atoms with Crippen molar-refractivity contribution >= 4 is 11.6 Å². The fourth-order valence-corrected chi connectivity index (χ4v) is 3.32. The quantitative estimate of drug-likeness (QED) is 0.706. The number of nitrogens with one attached hydrogen (secondary N) is 1. The summed E-state index contributed by atoms with van der Waals surface area (Å²) in [5, 5.41) is 3.49. The Morgan fingerprint density at radius 2 is 1.96 bits per heavy atom. The number of anilines is 1. The summed E-state index contributed by atoms with van der Waals surface area (Å²) in [6.45, 7) is 4.37. The molecule has 0 saturated carbocycles. The van der Waals surface area contributed by atoms with Crippen LogP contribution in [0.3, 0.4) is 0 Å². The number of hydrogen-bond acceptors (Lipinski definition) is 4. The van der Waals surface area contributed by atoms with Gasteiger partial charge in [-0.15, -0.1) is 0 Å². The fourth-order valence-electron chi connectivity index (χ4n) is 3.32. The molecule has 1 atom stereocenters. The zero-order valence-corrected chi connectivity index (χ0v) is 15.4. The van der Waals surface area contributed by atoms with Gasteiger partial charge >= 0.3 is 0 Å². The zero-order valence-electron chi connectivity index (χ0n) is 15.4. The van der Waals surface area contributed by atoms with Crippen LogP contribution in [0, 0.1) is 0 Å². The van der Waals surface area contributed by atoms with Gasteiger partial charge in [0.2, 0.25) is 0 Å². The first-order valence-electron chi connectivity index (χ1n) is 9.07. The summed E-state index contributed by atoms with van der Waals surface area (Å²) in [7, 11) is 0. The highest BCUT2D eigenvalue weighted by atomic mass is 16.5. The van der Waals surface area contributed by atoms with Crippen LogP contribution in [0.15, 0.2) is 71.3 Å². The molecule has 5 heteroatoms. The van der Waals surface area contributed by atoms with E-state index in [-0.39, 0.29) is 18.2 Å². The first-order valence-corrected chi connectivity index (χ1v) is 9.07. The molecule has 27 heavy (non-hydrogen) atoms. The van der Waals surface area contributed by atoms with Gasteiger partial charge in [0.25, 0.3) is 5.91 Å². The van der Waals surface area contributed by atoms with Crippen LogP contribution in [0.5, 0.6) is 5.75 Å². The second-order valence-corrected chi connectivity index (χ2v) is 6.84. The number of benzene rings is 2. The molecule has 4 rings (SSSR count). The van der Waals surface area contributed by atoms with Crippen molar-refractivity contribution in [1.29, 1.82) is 0 Å². The first-order chi connectivity index (χ1) is 13.1. The highest BCUT2D eigenvalue weighted by molar-refractivity contribution is 6.01. The van der Waals surface area contributed by atoms with Gasteiger partial charge in [-0.3, -0.25) is 4.79 Å². The Kier molecular flexibility index (Phi) is 4.59. The molecule has 3 aromatic rings. The van der Waals surface area contributed by atoms with E-state index in [4.69, 9.17) is 9.15 Å². The van der Waals surface area contributed by atoms with Crippen LogP contribution in [-0.4, -0.2) is 16.9 Å². The number of carbonyl (C=O) groups is 1. The predicted molar refractivity (Wildman–Crippen MR) is 104 cm³/mol. The number of rotatable bonds is 5. The number of ether oxygens (including phenoxy) is 1. The summed E-state index contributed by atoms with van der Waals surface area (Å²) in [6.07, 6.45) is 1.39. The number of para-hydroxylation sites is 1. The van der Waals surface area contributed by atoms with Gasteiger partial charge < -0.3 is 19.4 Å². The molecule has 0 aliphatic carbocycles. The van der Waals surface area contributed by atoms with Gasteiger partial charge in [-0.05, 0) is 55.8 Å². The summed E-state index contributed by atoms with van der Waals surface area (Å²) < 4.78 is 11.3. The number of amides is 1. The second kappa shape index (κ2) is 7.19. The third-order valence-corrected chi connectivity index (χ3v) is 4.47. The van der Waals surface area contributed by atoms with E-state index < -0.39 is 0 Å². The number of hydrogen-bond donors (Lipinski definition) is 1. The fraction of sp³-hybridized carbons (Fsp3) is 0.227. The first kappa shape index (κ1) is 17.2. The van der Waals surface area contributed by atoms with E-state index in [0.29, 0.717) is 12.1 Å².